The molecule has 0 aliphatic carbocycles. The number of halogens is 2. The van der Waals surface area contributed by atoms with Crippen molar-refractivity contribution in [1.82, 2.24) is 15.5 Å². The molecule has 2 unspecified atom stereocenters. The van der Waals surface area contributed by atoms with Crippen molar-refractivity contribution in [1.29, 1.82) is 0 Å². The van der Waals surface area contributed by atoms with Crippen molar-refractivity contribution in [3.63, 3.8) is 0 Å². The molecule has 0 radical (unpaired) electrons. The van der Waals surface area contributed by atoms with Gasteiger partial charge in [-0.15, -0.1) is 24.8 Å². The second-order valence-electron chi connectivity index (χ2n) is 6.40. The fraction of sp³-hybridized carbons (Fsp3) is 0.611. The maximum absolute atomic E-state index is 12.3. The highest BCUT2D eigenvalue weighted by Gasteiger charge is 2.24. The monoisotopic (exact) mass is 405 g/mol. The van der Waals surface area contributed by atoms with Gasteiger partial charge >= 0.3 is 0 Å². The molecule has 4 nitrogen and oxygen atoms in total. The Morgan fingerprint density at radius 1 is 1.24 bits per heavy atom. The van der Waals surface area contributed by atoms with Crippen LogP contribution < -0.4 is 10.6 Å². The number of nitrogens with one attached hydrogen (secondary N) is 2. The van der Waals surface area contributed by atoms with E-state index in [9.17, 15) is 4.79 Å². The summed E-state index contributed by atoms with van der Waals surface area (Å²) in [5.41, 5.74) is 1.31. The minimum atomic E-state index is 0. The largest absolute Gasteiger partial charge is 0.354 e. The highest BCUT2D eigenvalue weighted by Crippen LogP contribution is 2.24. The van der Waals surface area contributed by atoms with Gasteiger partial charge in [0.1, 0.15) is 0 Å². The van der Waals surface area contributed by atoms with E-state index in [2.05, 4.69) is 45.9 Å². The van der Waals surface area contributed by atoms with E-state index in [-0.39, 0.29) is 30.7 Å². The fourth-order valence-corrected chi connectivity index (χ4v) is 4.39. The fourth-order valence-electron chi connectivity index (χ4n) is 3.44. The average Bonchev–Trinajstić information content (AvgIpc) is 3.11. The quantitative estimate of drug-likeness (QED) is 0.763. The van der Waals surface area contributed by atoms with Crippen LogP contribution in [0, 0.1) is 0 Å². The van der Waals surface area contributed by atoms with Gasteiger partial charge in [0.05, 0.1) is 6.04 Å². The molecular weight excluding hydrogens is 377 g/mol. The summed E-state index contributed by atoms with van der Waals surface area (Å²) in [5.74, 6) is 2.37. The minimum Gasteiger partial charge on any atom is -0.354 e. The van der Waals surface area contributed by atoms with Crippen molar-refractivity contribution in [3.8, 4) is 0 Å². The Balaban J connectivity index is 0.00000156. The third kappa shape index (κ3) is 6.99. The van der Waals surface area contributed by atoms with Crippen LogP contribution in [0.25, 0.3) is 0 Å². The lowest BCUT2D eigenvalue weighted by molar-refractivity contribution is -0.121. The van der Waals surface area contributed by atoms with Crippen molar-refractivity contribution in [2.45, 2.75) is 31.3 Å². The number of carbonyl (C=O) groups is 1. The second kappa shape index (κ2) is 12.0. The molecule has 0 spiro atoms. The molecule has 0 saturated carbocycles. The predicted molar refractivity (Wildman–Crippen MR) is 111 cm³/mol. The van der Waals surface area contributed by atoms with Crippen LogP contribution >= 0.6 is 36.6 Å². The van der Waals surface area contributed by atoms with Crippen molar-refractivity contribution in [3.05, 3.63) is 35.9 Å². The standard InChI is InChI=1S/C18H27N3OS.2ClH/c22-18(12-16-14-23-11-8-19-16)20-13-17(21-9-4-5-10-21)15-6-2-1-3-7-15;;/h1-3,6-7,16-17,19H,4-5,8-14H2,(H,20,22);2*1H. The Hall–Kier alpha value is -0.460. The molecule has 0 bridgehead atoms. The van der Waals surface area contributed by atoms with Crippen molar-refractivity contribution >= 4 is 42.5 Å². The first kappa shape index (κ1) is 22.6. The summed E-state index contributed by atoms with van der Waals surface area (Å²) in [7, 11) is 0. The van der Waals surface area contributed by atoms with Crippen LogP contribution in [0.5, 0.6) is 0 Å². The summed E-state index contributed by atoms with van der Waals surface area (Å²) in [6.45, 7) is 4.00. The van der Waals surface area contributed by atoms with Gasteiger partial charge in [-0.2, -0.15) is 11.8 Å². The van der Waals surface area contributed by atoms with Gasteiger partial charge in [0.15, 0.2) is 0 Å². The molecule has 2 N–H and O–H groups in total. The Labute approximate surface area is 167 Å². The highest BCUT2D eigenvalue weighted by atomic mass is 35.5. The molecule has 1 aromatic rings. The number of thioether (sulfide) groups is 1. The molecule has 2 aliphatic heterocycles. The number of amides is 1. The first-order chi connectivity index (χ1) is 11.3. The van der Waals surface area contributed by atoms with Gasteiger partial charge in [-0.25, -0.2) is 0 Å². The normalized spacial score (nSPS) is 21.7. The van der Waals surface area contributed by atoms with E-state index in [0.717, 1.165) is 31.1 Å². The van der Waals surface area contributed by atoms with Gasteiger partial charge in [0.2, 0.25) is 5.91 Å². The number of hydrogen-bond donors (Lipinski definition) is 2. The lowest BCUT2D eigenvalue weighted by atomic mass is 10.1. The van der Waals surface area contributed by atoms with E-state index in [4.69, 9.17) is 0 Å². The first-order valence-electron chi connectivity index (χ1n) is 8.70. The van der Waals surface area contributed by atoms with Crippen molar-refractivity contribution < 1.29 is 4.79 Å². The molecule has 2 saturated heterocycles. The zero-order valence-electron chi connectivity index (χ0n) is 14.5. The number of benzene rings is 1. The topological polar surface area (TPSA) is 44.4 Å². The molecule has 1 aromatic carbocycles. The van der Waals surface area contributed by atoms with Gasteiger partial charge in [-0.1, -0.05) is 30.3 Å². The lowest BCUT2D eigenvalue weighted by Gasteiger charge is -2.29. The summed E-state index contributed by atoms with van der Waals surface area (Å²) in [5, 5.41) is 6.61. The molecule has 25 heavy (non-hydrogen) atoms. The number of nitrogens with zero attached hydrogens (tertiary/aromatic N) is 1. The number of rotatable bonds is 6. The van der Waals surface area contributed by atoms with Gasteiger partial charge in [0.25, 0.3) is 0 Å². The van der Waals surface area contributed by atoms with Gasteiger partial charge in [-0.3, -0.25) is 9.69 Å². The van der Waals surface area contributed by atoms with Crippen molar-refractivity contribution in [2.75, 3.05) is 37.7 Å². The molecular formula is C18H29Cl2N3OS. The lowest BCUT2D eigenvalue weighted by Crippen LogP contribution is -2.43. The Bertz CT molecular complexity index is 494. The highest BCUT2D eigenvalue weighted by molar-refractivity contribution is 7.99. The Morgan fingerprint density at radius 3 is 2.60 bits per heavy atom. The molecule has 142 valence electrons. The van der Waals surface area contributed by atoms with Gasteiger partial charge in [-0.05, 0) is 31.5 Å². The maximum Gasteiger partial charge on any atom is 0.221 e. The third-order valence-electron chi connectivity index (χ3n) is 4.69. The van der Waals surface area contributed by atoms with E-state index >= 15 is 0 Å². The van der Waals surface area contributed by atoms with E-state index in [1.54, 1.807) is 0 Å². The smallest absolute Gasteiger partial charge is 0.221 e. The van der Waals surface area contributed by atoms with Crippen LogP contribution in [-0.2, 0) is 4.79 Å². The summed E-state index contributed by atoms with van der Waals surface area (Å²) in [4.78, 5) is 14.8. The molecule has 2 heterocycles. The molecule has 2 aliphatic rings. The molecule has 1 amide bonds. The van der Waals surface area contributed by atoms with Crippen LogP contribution in [0.2, 0.25) is 0 Å². The second-order valence-corrected chi connectivity index (χ2v) is 7.55. The number of carbonyl (C=O) groups excluding carboxylic acids is 1. The summed E-state index contributed by atoms with van der Waals surface area (Å²) in [6.07, 6.45) is 3.12. The molecule has 7 heteroatoms. The number of likely N-dealkylation sites (tertiary alicyclic amines) is 1. The number of hydrogen-bond acceptors (Lipinski definition) is 4. The summed E-state index contributed by atoms with van der Waals surface area (Å²) >= 11 is 1.94. The molecule has 3 rings (SSSR count). The van der Waals surface area contributed by atoms with E-state index in [1.807, 2.05) is 11.8 Å². The Kier molecular flexibility index (Phi) is 10.9. The van der Waals surface area contributed by atoms with Crippen LogP contribution in [0.4, 0.5) is 0 Å². The predicted octanol–water partition coefficient (Wildman–Crippen LogP) is 2.88. The maximum atomic E-state index is 12.3. The molecule has 2 fully saturated rings. The van der Waals surface area contributed by atoms with Gasteiger partial charge < -0.3 is 10.6 Å². The van der Waals surface area contributed by atoms with E-state index in [0.29, 0.717) is 25.0 Å². The first-order valence-corrected chi connectivity index (χ1v) is 9.85. The zero-order valence-corrected chi connectivity index (χ0v) is 16.9. The summed E-state index contributed by atoms with van der Waals surface area (Å²) < 4.78 is 0. The molecule has 0 aromatic heterocycles. The van der Waals surface area contributed by atoms with Gasteiger partial charge in [0, 0.05) is 37.1 Å². The SMILES string of the molecule is Cl.Cl.O=C(CC1CSCCN1)NCC(c1ccccc1)N1CCCC1. The van der Waals surface area contributed by atoms with Crippen molar-refractivity contribution in [2.24, 2.45) is 0 Å². The Morgan fingerprint density at radius 2 is 1.96 bits per heavy atom. The van der Waals surface area contributed by atoms with E-state index in [1.165, 1.54) is 18.4 Å². The third-order valence-corrected chi connectivity index (χ3v) is 5.82. The zero-order chi connectivity index (χ0) is 15.9. The average molecular weight is 406 g/mol. The molecule has 2 atom stereocenters. The van der Waals surface area contributed by atoms with Crippen LogP contribution in [-0.4, -0.2) is 54.5 Å². The van der Waals surface area contributed by atoms with Crippen LogP contribution in [0.3, 0.4) is 0 Å². The summed E-state index contributed by atoms with van der Waals surface area (Å²) in [6, 6.07) is 11.2. The van der Waals surface area contributed by atoms with E-state index < -0.39 is 0 Å². The minimum absolute atomic E-state index is 0. The van der Waals surface area contributed by atoms with Crippen LogP contribution in [0.1, 0.15) is 30.9 Å². The van der Waals surface area contributed by atoms with Crippen LogP contribution in [0.15, 0.2) is 30.3 Å².